The second-order valence-electron chi connectivity index (χ2n) is 6.48. The summed E-state index contributed by atoms with van der Waals surface area (Å²) in [6.45, 7) is 2.82. The zero-order chi connectivity index (χ0) is 27.3. The highest BCUT2D eigenvalue weighted by atomic mass is 32.2. The highest BCUT2D eigenvalue weighted by Gasteiger charge is 2.27. The number of nitrogens with one attached hydrogen (secondary N) is 2. The molecule has 2 N–H and O–H groups in total. The number of ketones is 1. The largest absolute Gasteiger partial charge is 0.337 e. The molecule has 0 saturated carbocycles. The summed E-state index contributed by atoms with van der Waals surface area (Å²) >= 11 is 0.673. The van der Waals surface area contributed by atoms with Crippen LogP contribution in [0.4, 0.5) is 11.6 Å². The molecule has 0 aliphatic rings. The van der Waals surface area contributed by atoms with E-state index in [0.29, 0.717) is 22.6 Å². The van der Waals surface area contributed by atoms with Crippen molar-refractivity contribution in [3.05, 3.63) is 56.4 Å². The quantitative estimate of drug-likeness (QED) is 0.539. The van der Waals surface area contributed by atoms with Crippen LogP contribution in [0.5, 0.6) is 0 Å². The molecular weight excluding hydrogens is 426 g/mol. The Kier molecular flexibility index (Phi) is 4.00. The molecule has 0 spiro atoms. The van der Waals surface area contributed by atoms with Gasteiger partial charge in [-0.1, -0.05) is 11.2 Å². The van der Waals surface area contributed by atoms with Crippen molar-refractivity contribution in [2.75, 3.05) is 10.0 Å². The Morgan fingerprint density at radius 1 is 1.30 bits per heavy atom. The van der Waals surface area contributed by atoms with Gasteiger partial charge in [-0.3, -0.25) is 9.59 Å². The van der Waals surface area contributed by atoms with Gasteiger partial charge in [-0.2, -0.15) is 0 Å². The van der Waals surface area contributed by atoms with Crippen molar-refractivity contribution in [1.29, 1.82) is 0 Å². The van der Waals surface area contributed by atoms with Crippen molar-refractivity contribution in [2.24, 2.45) is 0 Å². The first-order valence-corrected chi connectivity index (χ1v) is 10.9. The lowest BCUT2D eigenvalue weighted by molar-refractivity contribution is 0.101. The highest BCUT2D eigenvalue weighted by Crippen LogP contribution is 2.29. The molecule has 0 aliphatic heterocycles. The molecule has 1 aromatic carbocycles. The van der Waals surface area contributed by atoms with Crippen LogP contribution < -0.4 is 10.0 Å². The van der Waals surface area contributed by atoms with Crippen LogP contribution in [0.3, 0.4) is 0 Å². The molecule has 0 unspecified atom stereocenters. The van der Waals surface area contributed by atoms with Gasteiger partial charge < -0.3 is 9.83 Å². The molecular formula is C20H21N3O5S2. The number of Topliss-reactive ketones (excluding diaryl/α,β-unsaturated/α-hetero) is 1. The number of aryl methyl sites for hydroxylation is 3. The predicted octanol–water partition coefficient (Wildman–Crippen LogP) is 4.23. The molecule has 30 heavy (non-hydrogen) atoms. The molecule has 158 valence electrons. The van der Waals surface area contributed by atoms with E-state index >= 15 is 0 Å². The first-order valence-electron chi connectivity index (χ1n) is 11.4. The Morgan fingerprint density at radius 2 is 2.03 bits per heavy atom. The number of carbonyl (C=O) groups excluding carboxylic acids is 2. The van der Waals surface area contributed by atoms with Crippen molar-refractivity contribution in [3.8, 4) is 0 Å². The van der Waals surface area contributed by atoms with E-state index in [2.05, 4.69) is 5.16 Å². The molecule has 0 bridgehead atoms. The summed E-state index contributed by atoms with van der Waals surface area (Å²) < 4.78 is 78.6. The number of hydrogen-bond acceptors (Lipinski definition) is 7. The van der Waals surface area contributed by atoms with Crippen LogP contribution in [0.25, 0.3) is 0 Å². The number of carbonyl (C=O) groups is 2. The number of amides is 1. The van der Waals surface area contributed by atoms with Gasteiger partial charge in [-0.25, -0.2) is 13.1 Å². The number of anilines is 2. The topological polar surface area (TPSA) is 118 Å². The van der Waals surface area contributed by atoms with Crippen molar-refractivity contribution in [3.63, 3.8) is 0 Å². The maximum Gasteiger partial charge on any atom is 0.267 e. The monoisotopic (exact) mass is 453 g/mol. The Labute approximate surface area is 186 Å². The van der Waals surface area contributed by atoms with Gasteiger partial charge in [0, 0.05) is 15.2 Å². The maximum atomic E-state index is 13.3. The van der Waals surface area contributed by atoms with E-state index in [1.807, 2.05) is 0 Å². The van der Waals surface area contributed by atoms with Gasteiger partial charge in [0.15, 0.2) is 8.61 Å². The standard InChI is InChI=1S/C20H21N3O5S2/c1-10-8-11(2)17(15(9-10)14(5)24)21-19(25)18-16(6-7-29-18)30(26,27)23-20-12(3)13(4)22-28-20/h6-9,23H,1-5H3,(H,21,25)/i5D3,9D/hD2. The molecule has 2 heterocycles. The minimum atomic E-state index is -4.67. The molecule has 0 atom stereocenters. The average Bonchev–Trinajstić information content (AvgIpc) is 3.41. The summed E-state index contributed by atoms with van der Waals surface area (Å²) in [7, 11) is -4.67. The van der Waals surface area contributed by atoms with Crippen molar-refractivity contribution >= 4 is 44.6 Å². The molecule has 0 aliphatic carbocycles. The third-order valence-corrected chi connectivity index (χ3v) is 6.58. The molecule has 3 rings (SSSR count). The summed E-state index contributed by atoms with van der Waals surface area (Å²) in [5, 5.41) is 5.10. The van der Waals surface area contributed by atoms with Crippen LogP contribution in [-0.2, 0) is 10.0 Å². The molecule has 8 nitrogen and oxygen atoms in total. The van der Waals surface area contributed by atoms with E-state index in [1.54, 1.807) is 6.92 Å². The normalized spacial score (nSPS) is 14.7. The van der Waals surface area contributed by atoms with Crippen LogP contribution >= 0.6 is 11.3 Å². The Morgan fingerprint density at radius 3 is 2.67 bits per heavy atom. The van der Waals surface area contributed by atoms with Gasteiger partial charge in [0.25, 0.3) is 15.9 Å². The summed E-state index contributed by atoms with van der Waals surface area (Å²) in [5.74, 6) is -3.00. The van der Waals surface area contributed by atoms with Crippen LogP contribution in [0, 0.1) is 27.7 Å². The van der Waals surface area contributed by atoms with E-state index in [1.165, 1.54) is 32.2 Å². The fraction of sp³-hybridized carbons (Fsp3) is 0.250. The molecule has 1 amide bonds. The second-order valence-corrected chi connectivity index (χ2v) is 8.97. The number of sulfonamides is 1. The van der Waals surface area contributed by atoms with Crippen LogP contribution in [0.2, 0.25) is 2.82 Å². The van der Waals surface area contributed by atoms with Gasteiger partial charge >= 0.3 is 0 Å². The lowest BCUT2D eigenvalue weighted by Crippen LogP contribution is -2.20. The molecule has 0 radical (unpaired) electrons. The second kappa shape index (κ2) is 8.04. The average molecular weight is 454 g/mol. The molecule has 3 aromatic rings. The van der Waals surface area contributed by atoms with Crippen molar-refractivity contribution in [1.82, 2.24) is 5.16 Å². The smallest absolute Gasteiger partial charge is 0.267 e. The first kappa shape index (κ1) is 14.9. The minimum absolute atomic E-state index is 0.0814. The number of thiophene rings is 1. The van der Waals surface area contributed by atoms with Gasteiger partial charge in [-0.05, 0) is 63.2 Å². The van der Waals surface area contributed by atoms with Crippen molar-refractivity contribution < 1.29 is 30.8 Å². The summed E-state index contributed by atoms with van der Waals surface area (Å²) in [5.41, 5.74) is -0.0136. The third-order valence-electron chi connectivity index (χ3n) is 4.24. The summed E-state index contributed by atoms with van der Waals surface area (Å²) in [6.07, 6.45) is 0. The lowest BCUT2D eigenvalue weighted by atomic mass is 10.0. The van der Waals surface area contributed by atoms with Crippen LogP contribution in [0.1, 0.15) is 54.7 Å². The predicted molar refractivity (Wildman–Crippen MR) is 115 cm³/mol. The van der Waals surface area contributed by atoms with E-state index in [-0.39, 0.29) is 27.0 Å². The highest BCUT2D eigenvalue weighted by molar-refractivity contribution is 7.93. The lowest BCUT2D eigenvalue weighted by Gasteiger charge is -2.14. The van der Waals surface area contributed by atoms with Gasteiger partial charge in [0.2, 0.25) is 5.88 Å². The number of aromatic nitrogens is 1. The van der Waals surface area contributed by atoms with E-state index < -0.39 is 55.6 Å². The van der Waals surface area contributed by atoms with Gasteiger partial charge in [0.05, 0.1) is 12.8 Å². The molecule has 10 heteroatoms. The van der Waals surface area contributed by atoms with E-state index in [0.717, 1.165) is 6.07 Å². The zero-order valence-electron chi connectivity index (χ0n) is 22.4. The molecule has 0 fully saturated rings. The van der Waals surface area contributed by atoms with Gasteiger partial charge in [-0.15, -0.1) is 11.3 Å². The van der Waals surface area contributed by atoms with E-state index in [4.69, 9.17) is 12.8 Å². The Balaban J connectivity index is 2.13. The van der Waals surface area contributed by atoms with Crippen LogP contribution in [-0.4, -0.2) is 25.3 Å². The molecule has 2 aromatic heterocycles. The summed E-state index contributed by atoms with van der Waals surface area (Å²) in [6, 6.07) is 2.03. The number of rotatable bonds is 6. The first-order chi connectivity index (χ1) is 16.5. The fourth-order valence-corrected chi connectivity index (χ4v) is 4.91. The third kappa shape index (κ3) is 4.14. The Bertz CT molecular complexity index is 1480. The Hall–Kier alpha value is -2.98. The van der Waals surface area contributed by atoms with E-state index in [9.17, 15) is 18.0 Å². The minimum Gasteiger partial charge on any atom is -0.337 e. The van der Waals surface area contributed by atoms with Crippen molar-refractivity contribution in [2.45, 2.75) is 39.4 Å². The molecule has 0 saturated heterocycles. The number of nitrogens with zero attached hydrogens (tertiary/aromatic N) is 1. The fourth-order valence-electron chi connectivity index (χ4n) is 2.65. The number of benzene rings is 1. The number of hydrogen-bond donors (Lipinski definition) is 2. The summed E-state index contributed by atoms with van der Waals surface area (Å²) in [4.78, 5) is 25.0. The van der Waals surface area contributed by atoms with Gasteiger partial charge in [0.1, 0.15) is 9.77 Å². The maximum absolute atomic E-state index is 13.3. The van der Waals surface area contributed by atoms with Crippen LogP contribution in [0.15, 0.2) is 33.0 Å². The SMILES string of the molecule is [2H]c1c(C)cc(C)c(N([2H])C(=O)c2sccc2S(=O)(=O)N([2H])c2onc(C)c2C)c1C(=O)C([2H])([2H])[2H]. The zero-order valence-corrected chi connectivity index (χ0v) is 18.1.